The molecule has 0 aromatic carbocycles. The molecule has 5 nitrogen and oxygen atoms in total. The highest BCUT2D eigenvalue weighted by molar-refractivity contribution is 5.76. The number of likely N-dealkylation sites (tertiary alicyclic amines) is 1. The maximum absolute atomic E-state index is 12.5. The van der Waals surface area contributed by atoms with E-state index in [9.17, 15) is 4.79 Å². The monoisotopic (exact) mass is 290 g/mol. The molecule has 2 fully saturated rings. The predicted octanol–water partition coefficient (Wildman–Crippen LogP) is 2.26. The number of aryl methyl sites for hydroxylation is 1. The largest absolute Gasteiger partial charge is 0.396 e. The highest BCUT2D eigenvalue weighted by Crippen LogP contribution is 2.46. The summed E-state index contributed by atoms with van der Waals surface area (Å²) in [6.45, 7) is 5.94. The summed E-state index contributed by atoms with van der Waals surface area (Å²) in [6.07, 6.45) is 7.83. The maximum atomic E-state index is 12.5. The van der Waals surface area contributed by atoms with E-state index in [0.717, 1.165) is 24.5 Å². The Morgan fingerprint density at radius 3 is 2.33 bits per heavy atom. The van der Waals surface area contributed by atoms with Gasteiger partial charge >= 0.3 is 0 Å². The predicted molar refractivity (Wildman–Crippen MR) is 82.8 cm³/mol. The van der Waals surface area contributed by atoms with Crippen molar-refractivity contribution in [3.8, 4) is 0 Å². The number of hydrogen-bond donors (Lipinski definition) is 1. The van der Waals surface area contributed by atoms with Crippen molar-refractivity contribution in [2.45, 2.75) is 58.9 Å². The zero-order valence-corrected chi connectivity index (χ0v) is 13.2. The van der Waals surface area contributed by atoms with Gasteiger partial charge in [0, 0.05) is 13.1 Å². The van der Waals surface area contributed by atoms with Crippen LogP contribution in [-0.2, 0) is 11.3 Å². The van der Waals surface area contributed by atoms with Crippen LogP contribution in [0, 0.1) is 19.3 Å². The Balaban J connectivity index is 1.60. The van der Waals surface area contributed by atoms with E-state index in [2.05, 4.69) is 5.10 Å². The van der Waals surface area contributed by atoms with E-state index in [1.165, 1.54) is 38.5 Å². The van der Waals surface area contributed by atoms with Crippen LogP contribution < -0.4 is 5.73 Å². The first-order valence-electron chi connectivity index (χ1n) is 8.08. The minimum Gasteiger partial charge on any atom is -0.396 e. The van der Waals surface area contributed by atoms with Gasteiger partial charge in [0.15, 0.2) is 0 Å². The highest BCUT2D eigenvalue weighted by atomic mass is 16.2. The molecule has 1 spiro atoms. The molecular formula is C16H26N4O. The number of amides is 1. The van der Waals surface area contributed by atoms with Gasteiger partial charge in [0.2, 0.25) is 5.91 Å². The number of aromatic nitrogens is 2. The van der Waals surface area contributed by atoms with Gasteiger partial charge < -0.3 is 10.6 Å². The van der Waals surface area contributed by atoms with Gasteiger partial charge in [0.25, 0.3) is 0 Å². The second-order valence-electron chi connectivity index (χ2n) is 6.83. The first-order chi connectivity index (χ1) is 10.0. The molecule has 1 saturated heterocycles. The third kappa shape index (κ3) is 2.65. The smallest absolute Gasteiger partial charge is 0.244 e. The Morgan fingerprint density at radius 1 is 1.19 bits per heavy atom. The number of carbonyl (C=O) groups is 1. The number of rotatable bonds is 2. The molecule has 0 bridgehead atoms. The first kappa shape index (κ1) is 14.4. The van der Waals surface area contributed by atoms with Gasteiger partial charge in [-0.2, -0.15) is 5.10 Å². The van der Waals surface area contributed by atoms with Gasteiger partial charge in [-0.25, -0.2) is 0 Å². The van der Waals surface area contributed by atoms with E-state index in [1.54, 1.807) is 4.68 Å². The van der Waals surface area contributed by atoms with Crippen LogP contribution >= 0.6 is 0 Å². The van der Waals surface area contributed by atoms with Gasteiger partial charge in [0.1, 0.15) is 6.54 Å². The van der Waals surface area contributed by atoms with Crippen LogP contribution in [-0.4, -0.2) is 33.7 Å². The number of anilines is 1. The van der Waals surface area contributed by atoms with E-state index < -0.39 is 0 Å². The van der Waals surface area contributed by atoms with E-state index >= 15 is 0 Å². The van der Waals surface area contributed by atoms with Crippen LogP contribution in [0.1, 0.15) is 49.9 Å². The summed E-state index contributed by atoms with van der Waals surface area (Å²) in [5.41, 5.74) is 8.89. The Labute approximate surface area is 126 Å². The second kappa shape index (κ2) is 5.35. The normalized spacial score (nSPS) is 21.1. The maximum Gasteiger partial charge on any atom is 0.244 e. The lowest BCUT2D eigenvalue weighted by molar-refractivity contribution is -0.134. The fraction of sp³-hybridized carbons (Fsp3) is 0.750. The van der Waals surface area contributed by atoms with Crippen molar-refractivity contribution < 1.29 is 4.79 Å². The SMILES string of the molecule is Cc1nn(CC(=O)N2CCC3(CCCC3)CC2)c(C)c1N. The van der Waals surface area contributed by atoms with E-state index in [-0.39, 0.29) is 5.91 Å². The molecule has 21 heavy (non-hydrogen) atoms. The van der Waals surface area contributed by atoms with Gasteiger partial charge in [-0.3, -0.25) is 9.48 Å². The van der Waals surface area contributed by atoms with Gasteiger partial charge in [-0.1, -0.05) is 12.8 Å². The number of nitrogens with two attached hydrogens (primary N) is 1. The van der Waals surface area contributed by atoms with E-state index in [4.69, 9.17) is 5.73 Å². The van der Waals surface area contributed by atoms with Gasteiger partial charge in [-0.05, 0) is 44.9 Å². The van der Waals surface area contributed by atoms with Gasteiger partial charge in [0.05, 0.1) is 17.1 Å². The van der Waals surface area contributed by atoms with Crippen LogP contribution in [0.4, 0.5) is 5.69 Å². The number of nitrogen functional groups attached to an aromatic ring is 1. The topological polar surface area (TPSA) is 64.2 Å². The molecule has 1 aliphatic heterocycles. The molecule has 3 rings (SSSR count). The quantitative estimate of drug-likeness (QED) is 0.908. The third-order valence-electron chi connectivity index (χ3n) is 5.56. The molecule has 2 N–H and O–H groups in total. The van der Waals surface area contributed by atoms with Gasteiger partial charge in [-0.15, -0.1) is 0 Å². The molecule has 1 aromatic rings. The lowest BCUT2D eigenvalue weighted by Gasteiger charge is -2.39. The van der Waals surface area contributed by atoms with E-state index in [1.807, 2.05) is 18.7 Å². The first-order valence-corrected chi connectivity index (χ1v) is 8.08. The summed E-state index contributed by atoms with van der Waals surface area (Å²) < 4.78 is 1.74. The highest BCUT2D eigenvalue weighted by Gasteiger charge is 2.37. The molecule has 2 heterocycles. The Bertz CT molecular complexity index is 533. The molecule has 0 radical (unpaired) electrons. The van der Waals surface area contributed by atoms with Crippen molar-refractivity contribution in [1.82, 2.24) is 14.7 Å². The number of nitrogens with zero attached hydrogens (tertiary/aromatic N) is 3. The Hall–Kier alpha value is -1.52. The summed E-state index contributed by atoms with van der Waals surface area (Å²) in [4.78, 5) is 14.5. The fourth-order valence-corrected chi connectivity index (χ4v) is 3.95. The minimum atomic E-state index is 0.174. The average Bonchev–Trinajstić information content (AvgIpc) is 3.01. The van der Waals surface area contributed by atoms with Crippen LogP contribution in [0.5, 0.6) is 0 Å². The van der Waals surface area contributed by atoms with Crippen LogP contribution in [0.25, 0.3) is 0 Å². The van der Waals surface area contributed by atoms with Crippen LogP contribution in [0.2, 0.25) is 0 Å². The molecule has 1 saturated carbocycles. The molecule has 1 aliphatic carbocycles. The van der Waals surface area contributed by atoms with Crippen LogP contribution in [0.15, 0.2) is 0 Å². The summed E-state index contributed by atoms with van der Waals surface area (Å²) in [7, 11) is 0. The number of carbonyl (C=O) groups excluding carboxylic acids is 1. The second-order valence-corrected chi connectivity index (χ2v) is 6.83. The number of piperidine rings is 1. The molecule has 1 aromatic heterocycles. The van der Waals surface area contributed by atoms with Crippen molar-refractivity contribution in [3.05, 3.63) is 11.4 Å². The molecule has 116 valence electrons. The van der Waals surface area contributed by atoms with E-state index in [0.29, 0.717) is 17.6 Å². The molecular weight excluding hydrogens is 264 g/mol. The fourth-order valence-electron chi connectivity index (χ4n) is 3.95. The average molecular weight is 290 g/mol. The lowest BCUT2D eigenvalue weighted by atomic mass is 9.77. The number of hydrogen-bond acceptors (Lipinski definition) is 3. The summed E-state index contributed by atoms with van der Waals surface area (Å²) >= 11 is 0. The lowest BCUT2D eigenvalue weighted by Crippen LogP contribution is -2.43. The zero-order chi connectivity index (χ0) is 15.0. The van der Waals surface area contributed by atoms with Crippen molar-refractivity contribution in [2.24, 2.45) is 5.41 Å². The molecule has 0 atom stereocenters. The Kier molecular flexibility index (Phi) is 3.68. The van der Waals surface area contributed by atoms with Crippen molar-refractivity contribution in [3.63, 3.8) is 0 Å². The third-order valence-corrected chi connectivity index (χ3v) is 5.56. The van der Waals surface area contributed by atoms with Crippen molar-refractivity contribution in [1.29, 1.82) is 0 Å². The van der Waals surface area contributed by atoms with Crippen molar-refractivity contribution >= 4 is 11.6 Å². The summed E-state index contributed by atoms with van der Waals surface area (Å²) in [6, 6.07) is 0. The van der Waals surface area contributed by atoms with Crippen molar-refractivity contribution in [2.75, 3.05) is 18.8 Å². The molecule has 1 amide bonds. The molecule has 0 unspecified atom stereocenters. The Morgan fingerprint density at radius 2 is 1.81 bits per heavy atom. The van der Waals surface area contributed by atoms with Crippen LogP contribution in [0.3, 0.4) is 0 Å². The minimum absolute atomic E-state index is 0.174. The molecule has 2 aliphatic rings. The standard InChI is InChI=1S/C16H26N4O/c1-12-15(17)13(2)20(18-12)11-14(21)19-9-7-16(8-10-19)5-3-4-6-16/h3-11,17H2,1-2H3. The summed E-state index contributed by atoms with van der Waals surface area (Å²) in [5, 5.41) is 4.36. The molecule has 5 heteroatoms. The zero-order valence-electron chi connectivity index (χ0n) is 13.2. The summed E-state index contributed by atoms with van der Waals surface area (Å²) in [5.74, 6) is 0.174.